The van der Waals surface area contributed by atoms with Gasteiger partial charge in [-0.1, -0.05) is 103 Å². The molecule has 0 radical (unpaired) electrons. The van der Waals surface area contributed by atoms with Crippen molar-refractivity contribution in [3.63, 3.8) is 0 Å². The highest BCUT2D eigenvalue weighted by atomic mass is 32.1. The van der Waals surface area contributed by atoms with Gasteiger partial charge in [0.2, 0.25) is 5.95 Å². The molecule has 0 aliphatic heterocycles. The Kier molecular flexibility index (Phi) is 6.02. The Morgan fingerprint density at radius 2 is 1.18 bits per heavy atom. The minimum absolute atomic E-state index is 0.549. The van der Waals surface area contributed by atoms with Crippen molar-refractivity contribution in [3.8, 4) is 39.9 Å². The van der Waals surface area contributed by atoms with Crippen molar-refractivity contribution in [2.24, 2.45) is 0 Å². The molecule has 0 saturated carbocycles. The van der Waals surface area contributed by atoms with Gasteiger partial charge in [-0.2, -0.15) is 9.97 Å². The molecule has 6 aromatic carbocycles. The second-order valence-corrected chi connectivity index (χ2v) is 13.7. The van der Waals surface area contributed by atoms with Crippen LogP contribution < -0.4 is 0 Å². The quantitative estimate of drug-likeness (QED) is 0.186. The zero-order chi connectivity index (χ0) is 33.5. The number of aromatic nitrogens is 5. The SMILES string of the molecule is c1ccc(-c2nc(-c3cccc4oc5cnccc5c34)nc(-n3c4ccccc4c4c(-c5cccc6sc7ccccc7c56)cccc43)n2)cc1. The fourth-order valence-electron chi connectivity index (χ4n) is 7.63. The summed E-state index contributed by atoms with van der Waals surface area (Å²) in [5.41, 5.74) is 7.71. The fourth-order valence-corrected chi connectivity index (χ4v) is 8.76. The predicted octanol–water partition coefficient (Wildman–Crippen LogP) is 11.6. The van der Waals surface area contributed by atoms with E-state index in [1.165, 1.54) is 31.3 Å². The lowest BCUT2D eigenvalue weighted by Crippen LogP contribution is -2.06. The number of para-hydroxylation sites is 1. The number of pyridine rings is 1. The summed E-state index contributed by atoms with van der Waals surface area (Å²) in [7, 11) is 0. The zero-order valence-corrected chi connectivity index (χ0v) is 27.8. The molecule has 0 aliphatic rings. The second kappa shape index (κ2) is 10.9. The van der Waals surface area contributed by atoms with Gasteiger partial charge in [0.1, 0.15) is 5.58 Å². The Morgan fingerprint density at radius 3 is 2.10 bits per heavy atom. The number of furan rings is 1. The van der Waals surface area contributed by atoms with E-state index in [4.69, 9.17) is 19.4 Å². The molecule has 0 aliphatic carbocycles. The van der Waals surface area contributed by atoms with Crippen molar-refractivity contribution >= 4 is 75.3 Å². The Balaban J connectivity index is 1.23. The van der Waals surface area contributed by atoms with Crippen molar-refractivity contribution in [2.75, 3.05) is 0 Å². The van der Waals surface area contributed by atoms with Crippen molar-refractivity contribution in [1.82, 2.24) is 24.5 Å². The van der Waals surface area contributed by atoms with Gasteiger partial charge in [0, 0.05) is 59.0 Å². The highest BCUT2D eigenvalue weighted by molar-refractivity contribution is 7.25. The maximum absolute atomic E-state index is 6.22. The van der Waals surface area contributed by atoms with E-state index >= 15 is 0 Å². The molecule has 0 unspecified atom stereocenters. The summed E-state index contributed by atoms with van der Waals surface area (Å²) in [4.78, 5) is 19.9. The van der Waals surface area contributed by atoms with Crippen molar-refractivity contribution in [2.45, 2.75) is 0 Å². The average Bonchev–Trinajstić information content (AvgIpc) is 3.88. The van der Waals surface area contributed by atoms with Crippen LogP contribution in [-0.2, 0) is 0 Å². The smallest absolute Gasteiger partial charge is 0.238 e. The molecule has 0 fully saturated rings. The lowest BCUT2D eigenvalue weighted by molar-refractivity contribution is 0.667. The zero-order valence-electron chi connectivity index (χ0n) is 27.0. The van der Waals surface area contributed by atoms with Crippen LogP contribution in [0.1, 0.15) is 0 Å². The van der Waals surface area contributed by atoms with Crippen LogP contribution in [-0.4, -0.2) is 24.5 Å². The van der Waals surface area contributed by atoms with Gasteiger partial charge < -0.3 is 4.42 Å². The van der Waals surface area contributed by atoms with Gasteiger partial charge in [-0.15, -0.1) is 11.3 Å². The number of benzene rings is 6. The van der Waals surface area contributed by atoms with E-state index < -0.39 is 0 Å². The molecule has 0 spiro atoms. The lowest BCUT2D eigenvalue weighted by atomic mass is 9.95. The Hall–Kier alpha value is -6.70. The number of fused-ring (bicyclic) bond motifs is 9. The summed E-state index contributed by atoms with van der Waals surface area (Å²) >= 11 is 1.84. The first kappa shape index (κ1) is 28.2. The molecule has 5 aromatic heterocycles. The topological polar surface area (TPSA) is 69.6 Å². The minimum Gasteiger partial charge on any atom is -0.454 e. The number of nitrogens with zero attached hydrogens (tertiary/aromatic N) is 5. The largest absolute Gasteiger partial charge is 0.454 e. The molecule has 0 saturated heterocycles. The highest BCUT2D eigenvalue weighted by Crippen LogP contribution is 2.44. The summed E-state index contributed by atoms with van der Waals surface area (Å²) < 4.78 is 11.0. The summed E-state index contributed by atoms with van der Waals surface area (Å²) in [6.45, 7) is 0. The molecule has 0 bridgehead atoms. The van der Waals surface area contributed by atoms with Gasteiger partial charge in [-0.3, -0.25) is 9.55 Å². The average molecular weight is 672 g/mol. The van der Waals surface area contributed by atoms with Gasteiger partial charge in [0.05, 0.1) is 17.2 Å². The molecule has 0 atom stereocenters. The summed E-state index contributed by atoms with van der Waals surface area (Å²) in [6.07, 6.45) is 3.54. The summed E-state index contributed by atoms with van der Waals surface area (Å²) in [5, 5.41) is 6.78. The van der Waals surface area contributed by atoms with Crippen molar-refractivity contribution < 1.29 is 4.42 Å². The third-order valence-corrected chi connectivity index (χ3v) is 10.9. The van der Waals surface area contributed by atoms with Crippen LogP contribution in [0.15, 0.2) is 156 Å². The highest BCUT2D eigenvalue weighted by Gasteiger charge is 2.22. The second-order valence-electron chi connectivity index (χ2n) is 12.6. The standard InChI is InChI=1S/C44H25N5OS/c1-2-11-26(12-3-1)42-46-43(32-17-9-20-35-40(32)30-23-24-45-25-36(30)50-35)48-44(47-42)49-33-18-6-4-13-29(33)39-27(15-8-19-34(39)49)28-16-10-22-38-41(28)31-14-5-7-21-37(31)51-38/h1-25H. The van der Waals surface area contributed by atoms with E-state index in [0.717, 1.165) is 54.9 Å². The Morgan fingerprint density at radius 1 is 0.471 bits per heavy atom. The summed E-state index contributed by atoms with van der Waals surface area (Å²) in [5.74, 6) is 1.71. The van der Waals surface area contributed by atoms with E-state index in [2.05, 4.69) is 101 Å². The molecule has 7 heteroatoms. The maximum atomic E-state index is 6.22. The molecule has 0 N–H and O–H groups in total. The van der Waals surface area contributed by atoms with Crippen LogP contribution in [0.5, 0.6) is 0 Å². The van der Waals surface area contributed by atoms with Crippen LogP contribution in [0.3, 0.4) is 0 Å². The predicted molar refractivity (Wildman–Crippen MR) is 208 cm³/mol. The number of hydrogen-bond donors (Lipinski definition) is 0. The van der Waals surface area contributed by atoms with Crippen LogP contribution >= 0.6 is 11.3 Å². The lowest BCUT2D eigenvalue weighted by Gasteiger charge is -2.12. The van der Waals surface area contributed by atoms with E-state index in [-0.39, 0.29) is 0 Å². The van der Waals surface area contributed by atoms with Gasteiger partial charge in [-0.25, -0.2) is 4.98 Å². The molecule has 11 rings (SSSR count). The van der Waals surface area contributed by atoms with Crippen LogP contribution in [0.25, 0.3) is 104 Å². The van der Waals surface area contributed by atoms with Gasteiger partial charge in [0.25, 0.3) is 0 Å². The van der Waals surface area contributed by atoms with E-state index in [1.54, 1.807) is 12.4 Å². The van der Waals surface area contributed by atoms with Crippen molar-refractivity contribution in [3.05, 3.63) is 152 Å². The van der Waals surface area contributed by atoms with E-state index in [1.807, 2.05) is 59.9 Å². The molecule has 11 aromatic rings. The van der Waals surface area contributed by atoms with Crippen LogP contribution in [0, 0.1) is 0 Å². The van der Waals surface area contributed by atoms with Gasteiger partial charge in [-0.05, 0) is 47.5 Å². The van der Waals surface area contributed by atoms with E-state index in [9.17, 15) is 0 Å². The number of hydrogen-bond acceptors (Lipinski definition) is 6. The number of thiophene rings is 1. The first-order chi connectivity index (χ1) is 25.3. The first-order valence-corrected chi connectivity index (χ1v) is 17.6. The fraction of sp³-hybridized carbons (Fsp3) is 0. The minimum atomic E-state index is 0.549. The van der Waals surface area contributed by atoms with Gasteiger partial charge >= 0.3 is 0 Å². The number of rotatable bonds is 4. The normalized spacial score (nSPS) is 11.9. The Bertz CT molecular complexity index is 3160. The molecular weight excluding hydrogens is 647 g/mol. The molecule has 0 amide bonds. The van der Waals surface area contributed by atoms with Crippen LogP contribution in [0.2, 0.25) is 0 Å². The third-order valence-electron chi connectivity index (χ3n) is 9.79. The molecule has 5 heterocycles. The monoisotopic (exact) mass is 671 g/mol. The molecule has 238 valence electrons. The first-order valence-electron chi connectivity index (χ1n) is 16.8. The molecule has 51 heavy (non-hydrogen) atoms. The molecular formula is C44H25N5OS. The van der Waals surface area contributed by atoms with Crippen LogP contribution in [0.4, 0.5) is 0 Å². The van der Waals surface area contributed by atoms with Gasteiger partial charge in [0.15, 0.2) is 17.2 Å². The Labute approximate surface area is 294 Å². The maximum Gasteiger partial charge on any atom is 0.238 e. The molecule has 6 nitrogen and oxygen atoms in total. The van der Waals surface area contributed by atoms with E-state index in [0.29, 0.717) is 17.6 Å². The summed E-state index contributed by atoms with van der Waals surface area (Å²) in [6, 6.07) is 48.6. The van der Waals surface area contributed by atoms with Crippen molar-refractivity contribution in [1.29, 1.82) is 0 Å². The third kappa shape index (κ3) is 4.22.